The summed E-state index contributed by atoms with van der Waals surface area (Å²) in [5.41, 5.74) is 1.71. The molecule has 2 fully saturated rings. The molecule has 0 radical (unpaired) electrons. The summed E-state index contributed by atoms with van der Waals surface area (Å²) in [6.45, 7) is 6.16. The van der Waals surface area contributed by atoms with Crippen LogP contribution in [0.4, 0.5) is 5.69 Å². The zero-order valence-electron chi connectivity index (χ0n) is 17.1. The molecule has 0 saturated carbocycles. The molecule has 1 atom stereocenters. The number of hydrogen-bond donors (Lipinski definition) is 0. The van der Waals surface area contributed by atoms with E-state index in [4.69, 9.17) is 16.3 Å². The van der Waals surface area contributed by atoms with Gasteiger partial charge in [0.05, 0.1) is 29.4 Å². The first-order chi connectivity index (χ1) is 14.4. The first-order valence-corrected chi connectivity index (χ1v) is 11.3. The van der Waals surface area contributed by atoms with Crippen molar-refractivity contribution in [3.05, 3.63) is 39.3 Å². The molecule has 7 nitrogen and oxygen atoms in total. The lowest BCUT2D eigenvalue weighted by molar-refractivity contribution is -0.137. The van der Waals surface area contributed by atoms with E-state index in [1.807, 2.05) is 11.8 Å². The predicted octanol–water partition coefficient (Wildman–Crippen LogP) is 2.81. The Morgan fingerprint density at radius 1 is 1.30 bits per heavy atom. The number of aryl methyl sites for hydroxylation is 1. The van der Waals surface area contributed by atoms with Gasteiger partial charge in [0.2, 0.25) is 11.8 Å². The summed E-state index contributed by atoms with van der Waals surface area (Å²) in [5.74, 6) is 0.211. The Morgan fingerprint density at radius 3 is 2.73 bits per heavy atom. The summed E-state index contributed by atoms with van der Waals surface area (Å²) in [4.78, 5) is 36.1. The van der Waals surface area contributed by atoms with Gasteiger partial charge in [-0.25, -0.2) is 4.98 Å². The van der Waals surface area contributed by atoms with Gasteiger partial charge in [-0.1, -0.05) is 11.6 Å². The Balaban J connectivity index is 1.36. The summed E-state index contributed by atoms with van der Waals surface area (Å²) >= 11 is 7.78. The Labute approximate surface area is 185 Å². The molecule has 0 spiro atoms. The molecule has 9 heteroatoms. The van der Waals surface area contributed by atoms with Crippen LogP contribution in [0.3, 0.4) is 0 Å². The number of carbonyl (C=O) groups excluding carboxylic acids is 2. The molecular formula is C21H25ClN4O3S. The highest BCUT2D eigenvalue weighted by atomic mass is 35.5. The van der Waals surface area contributed by atoms with Gasteiger partial charge >= 0.3 is 0 Å². The standard InChI is InChI=1S/C21H25ClN4O3S/c1-14-23-17(13-30-14)12-24-5-7-25(8-6-24)21(28)15-9-20(27)26(11-15)18-10-16(22)3-4-19(18)29-2/h3-4,10,13,15H,5-9,11-12H2,1-2H3. The fraction of sp³-hybridized carbons (Fsp3) is 0.476. The minimum absolute atomic E-state index is 0.0518. The maximum atomic E-state index is 13.1. The molecule has 160 valence electrons. The second-order valence-corrected chi connectivity index (χ2v) is 9.18. The SMILES string of the molecule is COc1ccc(Cl)cc1N1CC(C(=O)N2CCN(Cc3csc(C)n3)CC2)CC1=O. The monoisotopic (exact) mass is 448 g/mol. The molecule has 3 heterocycles. The van der Waals surface area contributed by atoms with Crippen LogP contribution < -0.4 is 9.64 Å². The number of piperazine rings is 1. The number of halogens is 1. The molecule has 1 unspecified atom stereocenters. The molecule has 30 heavy (non-hydrogen) atoms. The smallest absolute Gasteiger partial charge is 0.228 e. The lowest BCUT2D eigenvalue weighted by Gasteiger charge is -2.35. The predicted molar refractivity (Wildman–Crippen MR) is 117 cm³/mol. The van der Waals surface area contributed by atoms with Gasteiger partial charge in [-0.3, -0.25) is 14.5 Å². The molecule has 4 rings (SSSR count). The van der Waals surface area contributed by atoms with E-state index in [-0.39, 0.29) is 24.2 Å². The third-order valence-electron chi connectivity index (χ3n) is 5.64. The van der Waals surface area contributed by atoms with Crippen LogP contribution in [-0.2, 0) is 16.1 Å². The van der Waals surface area contributed by atoms with E-state index in [1.54, 1.807) is 41.5 Å². The van der Waals surface area contributed by atoms with E-state index in [2.05, 4.69) is 15.3 Å². The van der Waals surface area contributed by atoms with E-state index in [9.17, 15) is 9.59 Å². The van der Waals surface area contributed by atoms with E-state index in [1.165, 1.54) is 0 Å². The van der Waals surface area contributed by atoms with Crippen molar-refractivity contribution in [2.75, 3.05) is 44.7 Å². The van der Waals surface area contributed by atoms with E-state index >= 15 is 0 Å². The number of nitrogens with zero attached hydrogens (tertiary/aromatic N) is 4. The van der Waals surface area contributed by atoms with Crippen LogP contribution >= 0.6 is 22.9 Å². The number of benzene rings is 1. The van der Waals surface area contributed by atoms with Crippen LogP contribution in [-0.4, -0.2) is 66.4 Å². The number of ether oxygens (including phenoxy) is 1. The Bertz CT molecular complexity index is 942. The quantitative estimate of drug-likeness (QED) is 0.703. The molecule has 2 aliphatic heterocycles. The van der Waals surface area contributed by atoms with Crippen molar-refractivity contribution in [3.8, 4) is 5.75 Å². The third-order valence-corrected chi connectivity index (χ3v) is 6.70. The first-order valence-electron chi connectivity index (χ1n) is 10.0. The van der Waals surface area contributed by atoms with Crippen molar-refractivity contribution >= 4 is 40.4 Å². The van der Waals surface area contributed by atoms with Crippen molar-refractivity contribution in [3.63, 3.8) is 0 Å². The van der Waals surface area contributed by atoms with Gasteiger partial charge < -0.3 is 14.5 Å². The second-order valence-electron chi connectivity index (χ2n) is 7.68. The molecule has 2 aromatic rings. The summed E-state index contributed by atoms with van der Waals surface area (Å²) < 4.78 is 5.38. The number of anilines is 1. The maximum absolute atomic E-state index is 13.1. The van der Waals surface area contributed by atoms with Crippen molar-refractivity contribution in [2.24, 2.45) is 5.92 Å². The van der Waals surface area contributed by atoms with Crippen LogP contribution in [0.5, 0.6) is 5.75 Å². The molecule has 2 saturated heterocycles. The fourth-order valence-corrected chi connectivity index (χ4v) is 4.84. The second kappa shape index (κ2) is 8.91. The Morgan fingerprint density at radius 2 is 2.07 bits per heavy atom. The third kappa shape index (κ3) is 4.45. The summed E-state index contributed by atoms with van der Waals surface area (Å²) in [5, 5.41) is 3.70. The lowest BCUT2D eigenvalue weighted by atomic mass is 10.1. The van der Waals surface area contributed by atoms with Crippen molar-refractivity contribution < 1.29 is 14.3 Å². The first kappa shape index (κ1) is 21.1. The average Bonchev–Trinajstić information content (AvgIpc) is 3.33. The number of rotatable bonds is 5. The van der Waals surface area contributed by atoms with Crippen LogP contribution in [0, 0.1) is 12.8 Å². The average molecular weight is 449 g/mol. The van der Waals surface area contributed by atoms with Crippen molar-refractivity contribution in [2.45, 2.75) is 19.9 Å². The number of hydrogen-bond acceptors (Lipinski definition) is 6. The van der Waals surface area contributed by atoms with Crippen molar-refractivity contribution in [1.29, 1.82) is 0 Å². The van der Waals surface area contributed by atoms with Crippen molar-refractivity contribution in [1.82, 2.24) is 14.8 Å². The van der Waals surface area contributed by atoms with E-state index in [0.29, 0.717) is 36.1 Å². The number of thiazole rings is 1. The van der Waals surface area contributed by atoms with Crippen LogP contribution in [0.1, 0.15) is 17.1 Å². The lowest BCUT2D eigenvalue weighted by Crippen LogP contribution is -2.50. The number of carbonyl (C=O) groups is 2. The summed E-state index contributed by atoms with van der Waals surface area (Å²) in [6.07, 6.45) is 0.215. The van der Waals surface area contributed by atoms with Gasteiger partial charge in [0.1, 0.15) is 5.75 Å². The number of methoxy groups -OCH3 is 1. The van der Waals surface area contributed by atoms with Gasteiger partial charge in [0.15, 0.2) is 0 Å². The Kier molecular flexibility index (Phi) is 6.26. The zero-order chi connectivity index (χ0) is 21.3. The summed E-state index contributed by atoms with van der Waals surface area (Å²) in [6, 6.07) is 5.17. The molecule has 1 aromatic carbocycles. The fourth-order valence-electron chi connectivity index (χ4n) is 4.07. The van der Waals surface area contributed by atoms with Gasteiger partial charge in [-0.15, -0.1) is 11.3 Å². The zero-order valence-corrected chi connectivity index (χ0v) is 18.7. The number of amides is 2. The normalized spacial score (nSPS) is 20.1. The van der Waals surface area contributed by atoms with E-state index in [0.717, 1.165) is 30.3 Å². The highest BCUT2D eigenvalue weighted by Crippen LogP contribution is 2.35. The molecule has 0 aliphatic carbocycles. The molecule has 2 aliphatic rings. The minimum atomic E-state index is -0.339. The molecule has 1 aromatic heterocycles. The molecule has 0 N–H and O–H groups in total. The minimum Gasteiger partial charge on any atom is -0.495 e. The van der Waals surface area contributed by atoms with Gasteiger partial charge in [-0.05, 0) is 25.1 Å². The van der Waals surface area contributed by atoms with E-state index < -0.39 is 0 Å². The van der Waals surface area contributed by atoms with Crippen LogP contribution in [0.25, 0.3) is 0 Å². The molecular weight excluding hydrogens is 424 g/mol. The van der Waals surface area contributed by atoms with Gasteiger partial charge in [-0.2, -0.15) is 0 Å². The number of aromatic nitrogens is 1. The largest absolute Gasteiger partial charge is 0.495 e. The Hall–Kier alpha value is -2.16. The van der Waals surface area contributed by atoms with Crippen LogP contribution in [0.15, 0.2) is 23.6 Å². The van der Waals surface area contributed by atoms with Gasteiger partial charge in [0, 0.05) is 56.1 Å². The molecule has 0 bridgehead atoms. The highest BCUT2D eigenvalue weighted by Gasteiger charge is 2.38. The molecule has 2 amide bonds. The summed E-state index contributed by atoms with van der Waals surface area (Å²) in [7, 11) is 1.56. The van der Waals surface area contributed by atoms with Crippen LogP contribution in [0.2, 0.25) is 5.02 Å². The van der Waals surface area contributed by atoms with Gasteiger partial charge in [0.25, 0.3) is 0 Å². The highest BCUT2D eigenvalue weighted by molar-refractivity contribution is 7.09. The topological polar surface area (TPSA) is 66.0 Å². The maximum Gasteiger partial charge on any atom is 0.228 e.